The monoisotopic (exact) mass is 675 g/mol. The van der Waals surface area contributed by atoms with Gasteiger partial charge in [-0.1, -0.05) is 68.8 Å². The molecule has 0 bridgehead atoms. The molecular weight excluding hydrogens is 618 g/mol. The highest BCUT2D eigenvalue weighted by atomic mass is 16.6. The molecule has 270 valence electrons. The molecule has 0 saturated carbocycles. The number of benzene rings is 2. The van der Waals surface area contributed by atoms with Gasteiger partial charge in [0.15, 0.2) is 0 Å². The van der Waals surface area contributed by atoms with Crippen LogP contribution in [0.4, 0.5) is 4.79 Å². The summed E-state index contributed by atoms with van der Waals surface area (Å²) in [4.78, 5) is 14.1. The topological polar surface area (TPSA) is 103 Å². The van der Waals surface area contributed by atoms with Gasteiger partial charge < -0.3 is 47.5 Å². The van der Waals surface area contributed by atoms with Gasteiger partial charge in [-0.05, 0) is 28.2 Å². The fraction of sp³-hybridized carbons (Fsp3) is 0.649. The highest BCUT2D eigenvalue weighted by Crippen LogP contribution is 2.44. The van der Waals surface area contributed by atoms with E-state index in [0.29, 0.717) is 118 Å². The Morgan fingerprint density at radius 3 is 1.40 bits per heavy atom. The van der Waals surface area contributed by atoms with Gasteiger partial charge in [-0.2, -0.15) is 0 Å². The van der Waals surface area contributed by atoms with Crippen LogP contribution < -0.4 is 0 Å². The molecule has 11 nitrogen and oxygen atoms in total. The van der Waals surface area contributed by atoms with E-state index in [2.05, 4.69) is 38.1 Å². The first-order valence-corrected chi connectivity index (χ1v) is 17.3. The Hall–Kier alpha value is -2.61. The lowest BCUT2D eigenvalue weighted by Crippen LogP contribution is -2.32. The summed E-state index contributed by atoms with van der Waals surface area (Å²) in [5, 5.41) is 0. The molecule has 1 aliphatic rings. The fourth-order valence-electron chi connectivity index (χ4n) is 4.94. The second kappa shape index (κ2) is 25.4. The minimum absolute atomic E-state index is 0.0441. The Bertz CT molecular complexity index is 1070. The van der Waals surface area contributed by atoms with Crippen molar-refractivity contribution < 1.29 is 47.4 Å². The molecule has 2 aromatic carbocycles. The molecular formula is C37H57NO10. The van der Waals surface area contributed by atoms with Crippen molar-refractivity contribution in [2.24, 2.45) is 5.92 Å². The quantitative estimate of drug-likeness (QED) is 0.109. The predicted octanol–water partition coefficient (Wildman–Crippen LogP) is 5.05. The summed E-state index contributed by atoms with van der Waals surface area (Å²) in [6.07, 6.45) is 0.770. The molecule has 1 aliphatic carbocycles. The SMILES string of the molecule is CCC(C)COCCOCCOCCOCCOCCOCCOCCOCCN(C)C(=O)OCC1c2ccccc2-c2ccccc21. The third-order valence-corrected chi connectivity index (χ3v) is 7.92. The zero-order valence-corrected chi connectivity index (χ0v) is 29.2. The smallest absolute Gasteiger partial charge is 0.409 e. The molecule has 11 heteroatoms. The van der Waals surface area contributed by atoms with Crippen molar-refractivity contribution in [3.05, 3.63) is 59.7 Å². The number of ether oxygens (including phenoxy) is 9. The highest BCUT2D eigenvalue weighted by molar-refractivity contribution is 5.79. The van der Waals surface area contributed by atoms with Crippen LogP contribution in [0.3, 0.4) is 0 Å². The van der Waals surface area contributed by atoms with Crippen LogP contribution in [0, 0.1) is 5.92 Å². The molecule has 0 aliphatic heterocycles. The fourth-order valence-corrected chi connectivity index (χ4v) is 4.94. The Kier molecular flexibility index (Phi) is 21.1. The zero-order chi connectivity index (χ0) is 34.1. The number of fused-ring (bicyclic) bond motifs is 3. The number of rotatable bonds is 29. The van der Waals surface area contributed by atoms with Crippen molar-refractivity contribution in [1.29, 1.82) is 0 Å². The van der Waals surface area contributed by atoms with Gasteiger partial charge in [0.1, 0.15) is 6.61 Å². The first kappa shape index (κ1) is 39.8. The first-order valence-electron chi connectivity index (χ1n) is 17.3. The van der Waals surface area contributed by atoms with E-state index in [4.69, 9.17) is 42.6 Å². The maximum atomic E-state index is 12.6. The van der Waals surface area contributed by atoms with Crippen molar-refractivity contribution in [1.82, 2.24) is 4.90 Å². The van der Waals surface area contributed by atoms with Crippen LogP contribution in [0.15, 0.2) is 48.5 Å². The van der Waals surface area contributed by atoms with Crippen molar-refractivity contribution >= 4 is 6.09 Å². The summed E-state index contributed by atoms with van der Waals surface area (Å²) in [5.74, 6) is 0.637. The number of hydrogen-bond acceptors (Lipinski definition) is 10. The van der Waals surface area contributed by atoms with E-state index in [-0.39, 0.29) is 12.0 Å². The molecule has 3 rings (SSSR count). The van der Waals surface area contributed by atoms with Crippen LogP contribution in [-0.2, 0) is 42.6 Å². The highest BCUT2D eigenvalue weighted by Gasteiger charge is 2.29. The van der Waals surface area contributed by atoms with Gasteiger partial charge in [0.2, 0.25) is 0 Å². The molecule has 0 aromatic heterocycles. The van der Waals surface area contributed by atoms with Crippen molar-refractivity contribution in [3.8, 4) is 11.1 Å². The van der Waals surface area contributed by atoms with Crippen molar-refractivity contribution in [2.75, 3.05) is 126 Å². The Morgan fingerprint density at radius 2 is 0.979 bits per heavy atom. The standard InChI is InChI=1S/C37H57NO10/c1-4-31(2)29-47-28-27-46-26-25-45-24-23-44-22-21-43-20-19-42-18-17-41-16-15-40-14-13-38(3)37(39)48-30-36-34-11-7-5-9-32(34)33-10-6-8-12-35(33)36/h5-12,31,36H,4,13-30H2,1-3H3. The average molecular weight is 676 g/mol. The normalized spacial score (nSPS) is 13.0. The maximum absolute atomic E-state index is 12.6. The summed E-state index contributed by atoms with van der Waals surface area (Å²) in [7, 11) is 1.72. The summed E-state index contributed by atoms with van der Waals surface area (Å²) in [6.45, 7) is 13.5. The van der Waals surface area contributed by atoms with Crippen LogP contribution in [0.1, 0.15) is 37.3 Å². The minimum Gasteiger partial charge on any atom is -0.448 e. The predicted molar refractivity (Wildman–Crippen MR) is 184 cm³/mol. The number of nitrogens with zero attached hydrogens (tertiary/aromatic N) is 1. The number of carbonyl (C=O) groups is 1. The van der Waals surface area contributed by atoms with Crippen LogP contribution in [-0.4, -0.2) is 137 Å². The third kappa shape index (κ3) is 15.7. The molecule has 0 radical (unpaired) electrons. The zero-order valence-electron chi connectivity index (χ0n) is 29.2. The Labute approximate surface area is 287 Å². The van der Waals surface area contributed by atoms with E-state index in [1.54, 1.807) is 7.05 Å². The summed E-state index contributed by atoms with van der Waals surface area (Å²) < 4.78 is 49.8. The van der Waals surface area contributed by atoms with Crippen LogP contribution >= 0.6 is 0 Å². The molecule has 0 saturated heterocycles. The molecule has 0 fully saturated rings. The lowest BCUT2D eigenvalue weighted by atomic mass is 9.98. The number of amides is 1. The average Bonchev–Trinajstić information content (AvgIpc) is 3.43. The number of hydrogen-bond donors (Lipinski definition) is 0. The van der Waals surface area contributed by atoms with Crippen LogP contribution in [0.25, 0.3) is 11.1 Å². The van der Waals surface area contributed by atoms with E-state index in [0.717, 1.165) is 13.0 Å². The van der Waals surface area contributed by atoms with Gasteiger partial charge in [-0.15, -0.1) is 0 Å². The summed E-state index contributed by atoms with van der Waals surface area (Å²) in [5.41, 5.74) is 4.81. The molecule has 0 spiro atoms. The molecule has 0 N–H and O–H groups in total. The van der Waals surface area contributed by atoms with Gasteiger partial charge in [0.25, 0.3) is 0 Å². The van der Waals surface area contributed by atoms with E-state index in [1.165, 1.54) is 27.2 Å². The van der Waals surface area contributed by atoms with Crippen LogP contribution in [0.2, 0.25) is 0 Å². The maximum Gasteiger partial charge on any atom is 0.409 e. The van der Waals surface area contributed by atoms with Crippen molar-refractivity contribution in [2.45, 2.75) is 26.2 Å². The number of carbonyl (C=O) groups excluding carboxylic acids is 1. The summed E-state index contributed by atoms with van der Waals surface area (Å²) >= 11 is 0. The van der Waals surface area contributed by atoms with E-state index in [1.807, 2.05) is 24.3 Å². The van der Waals surface area contributed by atoms with E-state index < -0.39 is 0 Å². The van der Waals surface area contributed by atoms with E-state index >= 15 is 0 Å². The lowest BCUT2D eigenvalue weighted by Gasteiger charge is -2.19. The summed E-state index contributed by atoms with van der Waals surface area (Å²) in [6, 6.07) is 16.6. The molecule has 1 amide bonds. The Balaban J connectivity index is 1.03. The van der Waals surface area contributed by atoms with Crippen molar-refractivity contribution in [3.63, 3.8) is 0 Å². The van der Waals surface area contributed by atoms with Gasteiger partial charge in [0, 0.05) is 26.1 Å². The van der Waals surface area contributed by atoms with Gasteiger partial charge in [0.05, 0.1) is 99.1 Å². The lowest BCUT2D eigenvalue weighted by molar-refractivity contribution is -0.0240. The molecule has 48 heavy (non-hydrogen) atoms. The third-order valence-electron chi connectivity index (χ3n) is 7.92. The second-order valence-corrected chi connectivity index (χ2v) is 11.6. The van der Waals surface area contributed by atoms with Crippen LogP contribution in [0.5, 0.6) is 0 Å². The molecule has 0 heterocycles. The molecule has 2 aromatic rings. The molecule has 1 atom stereocenters. The second-order valence-electron chi connectivity index (χ2n) is 11.6. The Morgan fingerprint density at radius 1 is 0.604 bits per heavy atom. The van der Waals surface area contributed by atoms with Gasteiger partial charge >= 0.3 is 6.09 Å². The minimum atomic E-state index is -0.359. The largest absolute Gasteiger partial charge is 0.448 e. The van der Waals surface area contributed by atoms with Gasteiger partial charge in [-0.3, -0.25) is 0 Å². The molecule has 1 unspecified atom stereocenters. The van der Waals surface area contributed by atoms with Gasteiger partial charge in [-0.25, -0.2) is 4.79 Å². The van der Waals surface area contributed by atoms with E-state index in [9.17, 15) is 4.79 Å². The number of likely N-dealkylation sites (N-methyl/N-ethyl adjacent to an activating group) is 1. The first-order chi connectivity index (χ1) is 23.6.